The molecule has 1 aliphatic rings. The highest BCUT2D eigenvalue weighted by atomic mass is 14.9. The Kier molecular flexibility index (Phi) is 3.83. The normalized spacial score (nSPS) is 25.4. The fraction of sp³-hybridized carbons (Fsp3) is 0.571. The molecular weight excluding hydrogens is 196 g/mol. The highest BCUT2D eigenvalue weighted by Crippen LogP contribution is 2.23. The molecule has 0 heterocycles. The molecule has 0 bridgehead atoms. The van der Waals surface area contributed by atoms with E-state index in [0.29, 0.717) is 6.04 Å². The largest absolute Gasteiger partial charge is 0.385 e. The van der Waals surface area contributed by atoms with Gasteiger partial charge in [-0.05, 0) is 50.7 Å². The van der Waals surface area contributed by atoms with Crippen LogP contribution in [0.15, 0.2) is 24.3 Å². The zero-order valence-corrected chi connectivity index (χ0v) is 10.1. The molecule has 3 N–H and O–H groups in total. The lowest BCUT2D eigenvalue weighted by molar-refractivity contribution is 0.339. The molecule has 1 aromatic carbocycles. The number of nitrogens with two attached hydrogens (primary N) is 1. The monoisotopic (exact) mass is 218 g/mol. The predicted molar refractivity (Wildman–Crippen MR) is 69.6 cm³/mol. The van der Waals surface area contributed by atoms with Gasteiger partial charge in [-0.15, -0.1) is 0 Å². The van der Waals surface area contributed by atoms with Crippen molar-refractivity contribution in [2.24, 2.45) is 11.7 Å². The van der Waals surface area contributed by atoms with E-state index in [0.717, 1.165) is 12.5 Å². The van der Waals surface area contributed by atoms with Crippen molar-refractivity contribution in [3.63, 3.8) is 0 Å². The van der Waals surface area contributed by atoms with E-state index in [2.05, 4.69) is 36.5 Å². The van der Waals surface area contributed by atoms with Gasteiger partial charge in [-0.3, -0.25) is 0 Å². The molecule has 2 nitrogen and oxygen atoms in total. The van der Waals surface area contributed by atoms with Crippen molar-refractivity contribution < 1.29 is 0 Å². The summed E-state index contributed by atoms with van der Waals surface area (Å²) in [5, 5.41) is 3.52. The Morgan fingerprint density at radius 2 is 1.75 bits per heavy atom. The van der Waals surface area contributed by atoms with Gasteiger partial charge in [0, 0.05) is 18.3 Å². The van der Waals surface area contributed by atoms with Gasteiger partial charge >= 0.3 is 0 Å². The summed E-state index contributed by atoms with van der Waals surface area (Å²) in [7, 11) is 0. The number of anilines is 1. The Morgan fingerprint density at radius 3 is 2.38 bits per heavy atom. The molecule has 88 valence electrons. The van der Waals surface area contributed by atoms with Crippen molar-refractivity contribution in [1.29, 1.82) is 0 Å². The summed E-state index contributed by atoms with van der Waals surface area (Å²) in [4.78, 5) is 0. The van der Waals surface area contributed by atoms with Gasteiger partial charge in [0.05, 0.1) is 0 Å². The Bertz CT molecular complexity index is 310. The standard InChI is InChI=1S/C14H22N2/c1-11-2-8-14(9-3-11)16-10-12-4-6-13(15)7-5-12/h2-3,8-9,12-13,16H,4-7,10,15H2,1H3. The summed E-state index contributed by atoms with van der Waals surface area (Å²) < 4.78 is 0. The van der Waals surface area contributed by atoms with Crippen LogP contribution in [0.3, 0.4) is 0 Å². The van der Waals surface area contributed by atoms with Crippen LogP contribution in [0.25, 0.3) is 0 Å². The maximum Gasteiger partial charge on any atom is 0.0340 e. The Morgan fingerprint density at radius 1 is 1.12 bits per heavy atom. The predicted octanol–water partition coefficient (Wildman–Crippen LogP) is 2.92. The van der Waals surface area contributed by atoms with Crippen LogP contribution in [0.2, 0.25) is 0 Å². The summed E-state index contributed by atoms with van der Waals surface area (Å²) >= 11 is 0. The summed E-state index contributed by atoms with van der Waals surface area (Å²) in [6.07, 6.45) is 4.94. The summed E-state index contributed by atoms with van der Waals surface area (Å²) in [5.41, 5.74) is 8.45. The number of hydrogen-bond acceptors (Lipinski definition) is 2. The molecule has 0 aromatic heterocycles. The van der Waals surface area contributed by atoms with Crippen LogP contribution in [0.1, 0.15) is 31.2 Å². The highest BCUT2D eigenvalue weighted by Gasteiger charge is 2.17. The van der Waals surface area contributed by atoms with Crippen molar-refractivity contribution in [2.45, 2.75) is 38.6 Å². The Labute approximate surface area is 98.2 Å². The van der Waals surface area contributed by atoms with Crippen molar-refractivity contribution in [3.05, 3.63) is 29.8 Å². The SMILES string of the molecule is Cc1ccc(NCC2CCC(N)CC2)cc1. The van der Waals surface area contributed by atoms with Crippen molar-refractivity contribution in [2.75, 3.05) is 11.9 Å². The minimum atomic E-state index is 0.454. The van der Waals surface area contributed by atoms with Crippen molar-refractivity contribution in [3.8, 4) is 0 Å². The summed E-state index contributed by atoms with van der Waals surface area (Å²) in [6, 6.07) is 9.07. The van der Waals surface area contributed by atoms with Gasteiger partial charge in [0.2, 0.25) is 0 Å². The van der Waals surface area contributed by atoms with Crippen LogP contribution in [0, 0.1) is 12.8 Å². The van der Waals surface area contributed by atoms with E-state index >= 15 is 0 Å². The first-order valence-electron chi connectivity index (χ1n) is 6.30. The minimum absolute atomic E-state index is 0.454. The third kappa shape index (κ3) is 3.24. The van der Waals surface area contributed by atoms with Crippen LogP contribution >= 0.6 is 0 Å². The van der Waals surface area contributed by atoms with Crippen LogP contribution < -0.4 is 11.1 Å². The number of rotatable bonds is 3. The van der Waals surface area contributed by atoms with E-state index in [1.807, 2.05) is 0 Å². The maximum absolute atomic E-state index is 5.90. The van der Waals surface area contributed by atoms with E-state index in [1.165, 1.54) is 36.9 Å². The molecule has 16 heavy (non-hydrogen) atoms. The summed E-state index contributed by atoms with van der Waals surface area (Å²) in [6.45, 7) is 3.21. The molecule has 0 unspecified atom stereocenters. The number of aryl methyl sites for hydroxylation is 1. The van der Waals surface area contributed by atoms with Crippen molar-refractivity contribution >= 4 is 5.69 Å². The van der Waals surface area contributed by atoms with Gasteiger partial charge in [-0.2, -0.15) is 0 Å². The molecule has 0 saturated heterocycles. The second-order valence-corrected chi connectivity index (χ2v) is 5.03. The van der Waals surface area contributed by atoms with Gasteiger partial charge in [-0.1, -0.05) is 17.7 Å². The zero-order chi connectivity index (χ0) is 11.4. The molecule has 2 rings (SSSR count). The maximum atomic E-state index is 5.90. The smallest absolute Gasteiger partial charge is 0.0340 e. The molecule has 2 heteroatoms. The first-order chi connectivity index (χ1) is 7.74. The van der Waals surface area contributed by atoms with Gasteiger partial charge in [-0.25, -0.2) is 0 Å². The topological polar surface area (TPSA) is 38.0 Å². The van der Waals surface area contributed by atoms with Gasteiger partial charge in [0.15, 0.2) is 0 Å². The third-order valence-corrected chi connectivity index (χ3v) is 3.54. The fourth-order valence-electron chi connectivity index (χ4n) is 2.33. The molecule has 0 aliphatic heterocycles. The van der Waals surface area contributed by atoms with Crippen molar-refractivity contribution in [1.82, 2.24) is 0 Å². The van der Waals surface area contributed by atoms with Gasteiger partial charge < -0.3 is 11.1 Å². The highest BCUT2D eigenvalue weighted by molar-refractivity contribution is 5.44. The van der Waals surface area contributed by atoms with E-state index in [-0.39, 0.29) is 0 Å². The zero-order valence-electron chi connectivity index (χ0n) is 10.1. The molecule has 1 saturated carbocycles. The van der Waals surface area contributed by atoms with Crippen LogP contribution in [-0.2, 0) is 0 Å². The van der Waals surface area contributed by atoms with Gasteiger partial charge in [0.25, 0.3) is 0 Å². The van der Waals surface area contributed by atoms with Crippen LogP contribution in [0.5, 0.6) is 0 Å². The third-order valence-electron chi connectivity index (χ3n) is 3.54. The first kappa shape index (κ1) is 11.5. The fourth-order valence-corrected chi connectivity index (χ4v) is 2.33. The minimum Gasteiger partial charge on any atom is -0.385 e. The average Bonchev–Trinajstić information content (AvgIpc) is 2.30. The summed E-state index contributed by atoms with van der Waals surface area (Å²) in [5.74, 6) is 0.807. The average molecular weight is 218 g/mol. The molecule has 0 spiro atoms. The lowest BCUT2D eigenvalue weighted by atomic mass is 9.86. The molecule has 1 fully saturated rings. The van der Waals surface area contributed by atoms with Gasteiger partial charge in [0.1, 0.15) is 0 Å². The first-order valence-corrected chi connectivity index (χ1v) is 6.30. The molecule has 0 radical (unpaired) electrons. The molecular formula is C14H22N2. The molecule has 1 aromatic rings. The van der Waals surface area contributed by atoms with Crippen LogP contribution in [0.4, 0.5) is 5.69 Å². The molecule has 1 aliphatic carbocycles. The Balaban J connectivity index is 1.77. The second-order valence-electron chi connectivity index (χ2n) is 5.03. The number of nitrogens with one attached hydrogen (secondary N) is 1. The van der Waals surface area contributed by atoms with E-state index < -0.39 is 0 Å². The second kappa shape index (κ2) is 5.35. The number of hydrogen-bond donors (Lipinski definition) is 2. The van der Waals surface area contributed by atoms with E-state index in [1.54, 1.807) is 0 Å². The number of benzene rings is 1. The quantitative estimate of drug-likeness (QED) is 0.818. The van der Waals surface area contributed by atoms with E-state index in [9.17, 15) is 0 Å². The Hall–Kier alpha value is -1.02. The van der Waals surface area contributed by atoms with Crippen LogP contribution in [-0.4, -0.2) is 12.6 Å². The lowest BCUT2D eigenvalue weighted by Gasteiger charge is -2.26. The molecule has 0 atom stereocenters. The molecule has 0 amide bonds. The lowest BCUT2D eigenvalue weighted by Crippen LogP contribution is -2.29. The van der Waals surface area contributed by atoms with E-state index in [4.69, 9.17) is 5.73 Å².